The van der Waals surface area contributed by atoms with Gasteiger partial charge in [-0.1, -0.05) is 73.4 Å². The first-order chi connectivity index (χ1) is 17.3. The third kappa shape index (κ3) is 7.53. The number of aromatic hydroxyl groups is 1. The van der Waals surface area contributed by atoms with Gasteiger partial charge in [-0.15, -0.1) is 0 Å². The van der Waals surface area contributed by atoms with Crippen LogP contribution in [0.2, 0.25) is 0 Å². The SMILES string of the molecule is CCCCC(c1cc(C(C)(C)C)c(O)c(C(C)(C)C)c1)C(COC1CC(C)(C)N(C)C(C)(C)C1)C(=O)OC. The highest BCUT2D eigenvalue weighted by atomic mass is 16.5. The molecule has 0 amide bonds. The molecule has 38 heavy (non-hydrogen) atoms. The van der Waals surface area contributed by atoms with Crippen molar-refractivity contribution >= 4 is 5.97 Å². The standard InChI is InChI=1S/C33H57NO4/c1-14-15-16-24(22-17-26(30(2,3)4)28(35)27(18-22)31(5,6)7)25(29(36)37-13)21-38-23-19-32(8,9)34(12)33(10,11)20-23/h17-18,23-25,35H,14-16,19-21H2,1-13H3. The van der Waals surface area contributed by atoms with E-state index in [0.717, 1.165) is 48.8 Å². The monoisotopic (exact) mass is 531 g/mol. The molecule has 1 aromatic rings. The smallest absolute Gasteiger partial charge is 0.311 e. The van der Waals surface area contributed by atoms with E-state index in [1.807, 2.05) is 0 Å². The van der Waals surface area contributed by atoms with E-state index in [0.29, 0.717) is 12.4 Å². The van der Waals surface area contributed by atoms with Crippen molar-refractivity contribution in [3.8, 4) is 5.75 Å². The van der Waals surface area contributed by atoms with E-state index in [2.05, 4.69) is 100 Å². The molecule has 1 heterocycles. The highest BCUT2D eigenvalue weighted by Crippen LogP contribution is 2.44. The van der Waals surface area contributed by atoms with E-state index >= 15 is 0 Å². The summed E-state index contributed by atoms with van der Waals surface area (Å²) in [6, 6.07) is 4.26. The van der Waals surface area contributed by atoms with Crippen LogP contribution in [0.25, 0.3) is 0 Å². The topological polar surface area (TPSA) is 59.0 Å². The Labute approximate surface area is 233 Å². The molecule has 1 saturated heterocycles. The minimum atomic E-state index is -0.414. The maximum absolute atomic E-state index is 13.3. The fourth-order valence-electron chi connectivity index (χ4n) is 6.18. The van der Waals surface area contributed by atoms with Gasteiger partial charge in [0, 0.05) is 11.1 Å². The second kappa shape index (κ2) is 11.9. The lowest BCUT2D eigenvalue weighted by atomic mass is 9.74. The Morgan fingerprint density at radius 1 is 1.03 bits per heavy atom. The lowest BCUT2D eigenvalue weighted by molar-refractivity contribution is -0.152. The number of hydrogen-bond donors (Lipinski definition) is 1. The number of carbonyl (C=O) groups excluding carboxylic acids is 1. The van der Waals surface area contributed by atoms with Crippen LogP contribution in [0.1, 0.15) is 131 Å². The van der Waals surface area contributed by atoms with Crippen molar-refractivity contribution in [1.29, 1.82) is 0 Å². The van der Waals surface area contributed by atoms with Crippen molar-refractivity contribution < 1.29 is 19.4 Å². The Morgan fingerprint density at radius 3 is 1.89 bits per heavy atom. The average Bonchev–Trinajstić information content (AvgIpc) is 2.77. The van der Waals surface area contributed by atoms with Crippen LogP contribution in [0.4, 0.5) is 0 Å². The molecule has 5 heteroatoms. The molecule has 0 saturated carbocycles. The van der Waals surface area contributed by atoms with E-state index in [-0.39, 0.29) is 39.9 Å². The van der Waals surface area contributed by atoms with Crippen LogP contribution in [-0.2, 0) is 25.1 Å². The quantitative estimate of drug-likeness (QED) is 0.331. The number of hydrogen-bond acceptors (Lipinski definition) is 5. The molecule has 1 fully saturated rings. The van der Waals surface area contributed by atoms with Crippen molar-refractivity contribution in [2.24, 2.45) is 5.92 Å². The van der Waals surface area contributed by atoms with E-state index in [1.165, 1.54) is 7.11 Å². The summed E-state index contributed by atoms with van der Waals surface area (Å²) in [7, 11) is 3.67. The lowest BCUT2D eigenvalue weighted by Crippen LogP contribution is -2.60. The van der Waals surface area contributed by atoms with Gasteiger partial charge in [-0.05, 0) is 87.4 Å². The van der Waals surface area contributed by atoms with E-state index in [4.69, 9.17) is 9.47 Å². The molecule has 2 unspecified atom stereocenters. The fraction of sp³-hybridized carbons (Fsp3) is 0.788. The zero-order chi connectivity index (χ0) is 29.3. The molecule has 5 nitrogen and oxygen atoms in total. The number of phenolic OH excluding ortho intramolecular Hbond substituents is 1. The van der Waals surface area contributed by atoms with Gasteiger partial charge >= 0.3 is 5.97 Å². The molecule has 0 bridgehead atoms. The Balaban J connectivity index is 2.54. The van der Waals surface area contributed by atoms with Crippen LogP contribution < -0.4 is 0 Å². The number of unbranched alkanes of at least 4 members (excludes halogenated alkanes) is 1. The Bertz CT molecular complexity index is 898. The highest BCUT2D eigenvalue weighted by Gasteiger charge is 2.44. The Kier molecular flexibility index (Phi) is 10.2. The van der Waals surface area contributed by atoms with E-state index < -0.39 is 5.92 Å². The highest BCUT2D eigenvalue weighted by molar-refractivity contribution is 5.74. The van der Waals surface area contributed by atoms with Crippen molar-refractivity contribution in [3.05, 3.63) is 28.8 Å². The molecule has 1 aliphatic rings. The Morgan fingerprint density at radius 2 is 1.50 bits per heavy atom. The normalized spacial score (nSPS) is 20.2. The average molecular weight is 532 g/mol. The second-order valence-corrected chi connectivity index (χ2v) is 14.9. The number of ether oxygens (including phenoxy) is 2. The molecular weight excluding hydrogens is 474 g/mol. The molecule has 0 spiro atoms. The molecule has 1 aromatic carbocycles. The predicted octanol–water partition coefficient (Wildman–Crippen LogP) is 7.72. The first kappa shape index (κ1) is 32.6. The molecule has 218 valence electrons. The van der Waals surface area contributed by atoms with Crippen molar-refractivity contribution in [3.63, 3.8) is 0 Å². The van der Waals surface area contributed by atoms with Gasteiger partial charge in [-0.2, -0.15) is 0 Å². The number of nitrogens with zero attached hydrogens (tertiary/aromatic N) is 1. The number of benzene rings is 1. The third-order valence-corrected chi connectivity index (χ3v) is 8.82. The summed E-state index contributed by atoms with van der Waals surface area (Å²) in [4.78, 5) is 15.8. The van der Waals surface area contributed by atoms with Gasteiger partial charge in [0.25, 0.3) is 0 Å². The summed E-state index contributed by atoms with van der Waals surface area (Å²) in [6.07, 6.45) is 4.82. The maximum atomic E-state index is 13.3. The number of carbonyl (C=O) groups is 1. The summed E-state index contributed by atoms with van der Waals surface area (Å²) in [6.45, 7) is 24.4. The molecule has 0 radical (unpaired) electrons. The van der Waals surface area contributed by atoms with Crippen LogP contribution >= 0.6 is 0 Å². The first-order valence-corrected chi connectivity index (χ1v) is 14.6. The van der Waals surface area contributed by atoms with Gasteiger partial charge in [-0.3, -0.25) is 9.69 Å². The van der Waals surface area contributed by atoms with Gasteiger partial charge in [0.1, 0.15) is 5.75 Å². The fourth-order valence-corrected chi connectivity index (χ4v) is 6.18. The molecular formula is C33H57NO4. The molecule has 1 N–H and O–H groups in total. The maximum Gasteiger partial charge on any atom is 0.311 e. The summed E-state index contributed by atoms with van der Waals surface area (Å²) >= 11 is 0. The summed E-state index contributed by atoms with van der Waals surface area (Å²) in [5.41, 5.74) is 2.48. The number of esters is 1. The summed E-state index contributed by atoms with van der Waals surface area (Å²) in [5, 5.41) is 11.3. The minimum absolute atomic E-state index is 0.00890. The number of phenols is 1. The van der Waals surface area contributed by atoms with Crippen LogP contribution in [0.15, 0.2) is 12.1 Å². The zero-order valence-electron chi connectivity index (χ0n) is 26.7. The van der Waals surface area contributed by atoms with Gasteiger partial charge in [0.15, 0.2) is 0 Å². The first-order valence-electron chi connectivity index (χ1n) is 14.6. The van der Waals surface area contributed by atoms with Crippen LogP contribution in [-0.4, -0.2) is 53.9 Å². The van der Waals surface area contributed by atoms with Crippen LogP contribution in [0.5, 0.6) is 5.75 Å². The molecule has 2 rings (SSSR count). The van der Waals surface area contributed by atoms with Gasteiger partial charge in [0.2, 0.25) is 0 Å². The van der Waals surface area contributed by atoms with E-state index in [9.17, 15) is 9.90 Å². The largest absolute Gasteiger partial charge is 0.507 e. The van der Waals surface area contributed by atoms with Crippen molar-refractivity contribution in [1.82, 2.24) is 4.90 Å². The van der Waals surface area contributed by atoms with E-state index in [1.54, 1.807) is 0 Å². The van der Waals surface area contributed by atoms with Crippen molar-refractivity contribution in [2.75, 3.05) is 20.8 Å². The van der Waals surface area contributed by atoms with Gasteiger partial charge < -0.3 is 14.6 Å². The molecule has 2 atom stereocenters. The van der Waals surface area contributed by atoms with Crippen LogP contribution in [0, 0.1) is 5.92 Å². The molecule has 1 aliphatic heterocycles. The Hall–Kier alpha value is -1.59. The van der Waals surface area contributed by atoms with Gasteiger partial charge in [0.05, 0.1) is 25.7 Å². The van der Waals surface area contributed by atoms with Crippen LogP contribution in [0.3, 0.4) is 0 Å². The molecule has 0 aromatic heterocycles. The summed E-state index contributed by atoms with van der Waals surface area (Å²) in [5.74, 6) is -0.329. The molecule has 0 aliphatic carbocycles. The number of piperidine rings is 1. The third-order valence-electron chi connectivity index (χ3n) is 8.82. The van der Waals surface area contributed by atoms with Gasteiger partial charge in [-0.25, -0.2) is 0 Å². The lowest BCUT2D eigenvalue weighted by Gasteiger charge is -2.53. The minimum Gasteiger partial charge on any atom is -0.507 e. The predicted molar refractivity (Wildman–Crippen MR) is 158 cm³/mol. The zero-order valence-corrected chi connectivity index (χ0v) is 26.7. The second-order valence-electron chi connectivity index (χ2n) is 14.9. The summed E-state index contributed by atoms with van der Waals surface area (Å²) < 4.78 is 12.0. The number of likely N-dealkylation sites (tertiary alicyclic amines) is 1. The van der Waals surface area contributed by atoms with Crippen molar-refractivity contribution in [2.45, 2.75) is 142 Å². The number of methoxy groups -OCH3 is 1. The number of rotatable bonds is 9.